The van der Waals surface area contributed by atoms with Gasteiger partial charge in [0.15, 0.2) is 5.82 Å². The van der Waals surface area contributed by atoms with Crippen molar-refractivity contribution in [3.8, 4) is 0 Å². The van der Waals surface area contributed by atoms with Crippen molar-refractivity contribution < 1.29 is 22.0 Å². The molecule has 0 aliphatic heterocycles. The summed E-state index contributed by atoms with van der Waals surface area (Å²) in [5, 5.41) is 4.83. The van der Waals surface area contributed by atoms with Crippen LogP contribution < -0.4 is 5.14 Å². The van der Waals surface area contributed by atoms with Crippen LogP contribution in [0, 0.1) is 11.6 Å². The van der Waals surface area contributed by atoms with Crippen LogP contribution in [-0.4, -0.2) is 32.3 Å². The molecule has 0 radical (unpaired) electrons. The molecule has 21 heavy (non-hydrogen) atoms. The Hall–Kier alpha value is -1.54. The first-order chi connectivity index (χ1) is 9.71. The van der Waals surface area contributed by atoms with E-state index >= 15 is 0 Å². The number of hydrogen-bond acceptors (Lipinski definition) is 3. The monoisotopic (exact) mass is 318 g/mol. The van der Waals surface area contributed by atoms with Crippen LogP contribution >= 0.6 is 0 Å². The van der Waals surface area contributed by atoms with E-state index in [0.717, 1.165) is 25.7 Å². The van der Waals surface area contributed by atoms with Crippen LogP contribution in [0.4, 0.5) is 8.78 Å². The number of sulfonamides is 1. The maximum Gasteiger partial charge on any atom is 0.256 e. The molecule has 5 nitrogen and oxygen atoms in total. The topological polar surface area (TPSA) is 80.5 Å². The number of carbonyl (C=O) groups excluding carboxylic acids is 1. The summed E-state index contributed by atoms with van der Waals surface area (Å²) in [6, 6.07) is 1.12. The van der Waals surface area contributed by atoms with Gasteiger partial charge in [0.25, 0.3) is 5.91 Å². The van der Waals surface area contributed by atoms with E-state index in [1.807, 2.05) is 0 Å². The van der Waals surface area contributed by atoms with Crippen LogP contribution in [0.1, 0.15) is 36.0 Å². The summed E-state index contributed by atoms with van der Waals surface area (Å²) in [6.07, 6.45) is 3.52. The number of nitrogens with two attached hydrogens (primary N) is 1. The molecule has 8 heteroatoms. The van der Waals surface area contributed by atoms with Gasteiger partial charge in [-0.2, -0.15) is 0 Å². The molecule has 116 valence electrons. The molecule has 2 rings (SSSR count). The summed E-state index contributed by atoms with van der Waals surface area (Å²) in [4.78, 5) is 12.6. The van der Waals surface area contributed by atoms with Gasteiger partial charge in [-0.25, -0.2) is 22.3 Å². The molecule has 0 saturated heterocycles. The Morgan fingerprint density at radius 1 is 1.29 bits per heavy atom. The van der Waals surface area contributed by atoms with Crippen molar-refractivity contribution in [1.29, 1.82) is 0 Å². The number of halogens is 2. The maximum atomic E-state index is 14.2. The second kappa shape index (κ2) is 5.69. The van der Waals surface area contributed by atoms with Gasteiger partial charge in [0.2, 0.25) is 10.0 Å². The molecule has 0 heterocycles. The molecule has 1 aliphatic carbocycles. The van der Waals surface area contributed by atoms with E-state index in [1.165, 1.54) is 11.9 Å². The highest BCUT2D eigenvalue weighted by Gasteiger charge is 2.29. The summed E-state index contributed by atoms with van der Waals surface area (Å²) in [5.41, 5.74) is -0.617. The SMILES string of the molecule is CN(C(=O)c1cc(F)cc(S(N)(=O)=O)c1F)C1CCCC1. The smallest absolute Gasteiger partial charge is 0.256 e. The summed E-state index contributed by atoms with van der Waals surface area (Å²) >= 11 is 0. The fourth-order valence-electron chi connectivity index (χ4n) is 2.57. The predicted molar refractivity (Wildman–Crippen MR) is 72.1 cm³/mol. The normalized spacial score (nSPS) is 16.2. The predicted octanol–water partition coefficient (Wildman–Crippen LogP) is 1.63. The molecule has 0 bridgehead atoms. The Bertz CT molecular complexity index is 670. The quantitative estimate of drug-likeness (QED) is 0.919. The van der Waals surface area contributed by atoms with Crippen LogP contribution in [0.25, 0.3) is 0 Å². The first-order valence-electron chi connectivity index (χ1n) is 6.51. The molecule has 1 saturated carbocycles. The van der Waals surface area contributed by atoms with Crippen molar-refractivity contribution >= 4 is 15.9 Å². The molecule has 0 spiro atoms. The fourth-order valence-corrected chi connectivity index (χ4v) is 3.21. The molecule has 0 atom stereocenters. The zero-order valence-electron chi connectivity index (χ0n) is 11.5. The molecular formula is C13H16F2N2O3S. The van der Waals surface area contributed by atoms with Gasteiger partial charge in [0.1, 0.15) is 10.7 Å². The van der Waals surface area contributed by atoms with Crippen LogP contribution in [0.2, 0.25) is 0 Å². The minimum absolute atomic E-state index is 0.0434. The van der Waals surface area contributed by atoms with E-state index in [1.54, 1.807) is 0 Å². The molecule has 0 aromatic heterocycles. The minimum atomic E-state index is -4.44. The van der Waals surface area contributed by atoms with Crippen molar-refractivity contribution in [2.24, 2.45) is 5.14 Å². The van der Waals surface area contributed by atoms with Gasteiger partial charge >= 0.3 is 0 Å². The first kappa shape index (κ1) is 15.8. The van der Waals surface area contributed by atoms with E-state index in [4.69, 9.17) is 5.14 Å². The van der Waals surface area contributed by atoms with Crippen LogP contribution in [0.5, 0.6) is 0 Å². The van der Waals surface area contributed by atoms with Gasteiger partial charge in [-0.3, -0.25) is 4.79 Å². The lowest BCUT2D eigenvalue weighted by atomic mass is 10.1. The highest BCUT2D eigenvalue weighted by Crippen LogP contribution is 2.26. The molecule has 1 aliphatic rings. The van der Waals surface area contributed by atoms with Crippen LogP contribution in [-0.2, 0) is 10.0 Å². The van der Waals surface area contributed by atoms with Crippen molar-refractivity contribution in [2.45, 2.75) is 36.6 Å². The van der Waals surface area contributed by atoms with Crippen LogP contribution in [0.3, 0.4) is 0 Å². The number of primary sulfonamides is 1. The molecule has 0 unspecified atom stereocenters. The lowest BCUT2D eigenvalue weighted by Gasteiger charge is -2.24. The standard InChI is InChI=1S/C13H16F2N2O3S/c1-17(9-4-2-3-5-9)13(18)10-6-8(14)7-11(12(10)15)21(16,19)20/h6-7,9H,2-5H2,1H3,(H2,16,19,20). The molecule has 1 fully saturated rings. The van der Waals surface area contributed by atoms with Gasteiger partial charge in [-0.15, -0.1) is 0 Å². The highest BCUT2D eigenvalue weighted by atomic mass is 32.2. The molecular weight excluding hydrogens is 302 g/mol. The van der Waals surface area contributed by atoms with Crippen LogP contribution in [0.15, 0.2) is 17.0 Å². The van der Waals surface area contributed by atoms with E-state index in [2.05, 4.69) is 0 Å². The summed E-state index contributed by atoms with van der Waals surface area (Å²) in [6.45, 7) is 0. The number of benzene rings is 1. The number of amides is 1. The Balaban J connectivity index is 2.44. The average molecular weight is 318 g/mol. The Morgan fingerprint density at radius 2 is 1.86 bits per heavy atom. The number of nitrogens with zero attached hydrogens (tertiary/aromatic N) is 1. The summed E-state index contributed by atoms with van der Waals surface area (Å²) < 4.78 is 50.2. The lowest BCUT2D eigenvalue weighted by Crippen LogP contribution is -2.36. The summed E-state index contributed by atoms with van der Waals surface area (Å²) in [7, 11) is -2.94. The zero-order valence-corrected chi connectivity index (χ0v) is 12.3. The van der Waals surface area contributed by atoms with E-state index in [9.17, 15) is 22.0 Å². The van der Waals surface area contributed by atoms with Gasteiger partial charge in [0, 0.05) is 13.1 Å². The second-order valence-electron chi connectivity index (χ2n) is 5.16. The summed E-state index contributed by atoms with van der Waals surface area (Å²) in [5.74, 6) is -3.08. The number of hydrogen-bond donors (Lipinski definition) is 1. The molecule has 2 N–H and O–H groups in total. The molecule has 1 aromatic carbocycles. The zero-order chi connectivity index (χ0) is 15.8. The van der Waals surface area contributed by atoms with E-state index in [0.29, 0.717) is 12.1 Å². The third kappa shape index (κ3) is 3.21. The minimum Gasteiger partial charge on any atom is -0.339 e. The third-order valence-electron chi connectivity index (χ3n) is 3.73. The molecule has 1 aromatic rings. The Kier molecular flexibility index (Phi) is 4.29. The van der Waals surface area contributed by atoms with Gasteiger partial charge in [-0.1, -0.05) is 12.8 Å². The maximum absolute atomic E-state index is 14.2. The van der Waals surface area contributed by atoms with E-state index in [-0.39, 0.29) is 6.04 Å². The first-order valence-corrected chi connectivity index (χ1v) is 8.05. The van der Waals surface area contributed by atoms with Gasteiger partial charge in [0.05, 0.1) is 5.56 Å². The average Bonchev–Trinajstić information content (AvgIpc) is 2.92. The largest absolute Gasteiger partial charge is 0.339 e. The number of rotatable bonds is 3. The number of carbonyl (C=O) groups is 1. The Morgan fingerprint density at radius 3 is 2.38 bits per heavy atom. The molecule has 1 amide bonds. The van der Waals surface area contributed by atoms with Crippen molar-refractivity contribution in [1.82, 2.24) is 4.90 Å². The van der Waals surface area contributed by atoms with Crippen molar-refractivity contribution in [3.05, 3.63) is 29.3 Å². The van der Waals surface area contributed by atoms with Crippen molar-refractivity contribution in [2.75, 3.05) is 7.05 Å². The third-order valence-corrected chi connectivity index (χ3v) is 4.64. The van der Waals surface area contributed by atoms with Crippen molar-refractivity contribution in [3.63, 3.8) is 0 Å². The Labute approximate surface area is 121 Å². The van der Waals surface area contributed by atoms with E-state index < -0.39 is 38.0 Å². The fraction of sp³-hybridized carbons (Fsp3) is 0.462. The van der Waals surface area contributed by atoms with Gasteiger partial charge in [-0.05, 0) is 25.0 Å². The highest BCUT2D eigenvalue weighted by molar-refractivity contribution is 7.89. The second-order valence-corrected chi connectivity index (χ2v) is 6.69. The lowest BCUT2D eigenvalue weighted by molar-refractivity contribution is 0.0729. The van der Waals surface area contributed by atoms with Gasteiger partial charge < -0.3 is 4.90 Å².